The molecule has 3 unspecified atom stereocenters. The number of esters is 1. The van der Waals surface area contributed by atoms with E-state index in [-0.39, 0.29) is 34.4 Å². The fraction of sp³-hybridized carbons (Fsp3) is 0.692. The SMILES string of the molecule is CC(=O)SCC/C=C/[C@@H]1CC(=O)N[C@H](C(C)C)C(=O)NC2CSC(C)C(NC2=O)C(=O)N[C@@H](C(C)C)C(=O)O1. The maximum absolute atomic E-state index is 13.2. The Morgan fingerprint density at radius 2 is 1.64 bits per heavy atom. The molecule has 2 fully saturated rings. The van der Waals surface area contributed by atoms with Gasteiger partial charge in [0.1, 0.15) is 30.3 Å². The van der Waals surface area contributed by atoms with Gasteiger partial charge in [0.05, 0.1) is 6.42 Å². The van der Waals surface area contributed by atoms with Gasteiger partial charge in [-0.1, -0.05) is 52.5 Å². The van der Waals surface area contributed by atoms with E-state index < -0.39 is 59.9 Å². The highest BCUT2D eigenvalue weighted by atomic mass is 32.2. The minimum Gasteiger partial charge on any atom is -0.456 e. The number of carbonyl (C=O) groups is 6. The van der Waals surface area contributed by atoms with Crippen LogP contribution in [-0.4, -0.2) is 81.7 Å². The summed E-state index contributed by atoms with van der Waals surface area (Å²) in [7, 11) is 0. The number of thioether (sulfide) groups is 2. The van der Waals surface area contributed by atoms with Crippen molar-refractivity contribution in [2.24, 2.45) is 11.8 Å². The average molecular weight is 585 g/mol. The lowest BCUT2D eigenvalue weighted by atomic mass is 10.0. The Morgan fingerprint density at radius 1 is 0.974 bits per heavy atom. The lowest BCUT2D eigenvalue weighted by molar-refractivity contribution is -0.153. The summed E-state index contributed by atoms with van der Waals surface area (Å²) in [5.74, 6) is -2.67. The topological polar surface area (TPSA) is 160 Å². The van der Waals surface area contributed by atoms with Gasteiger partial charge in [-0.25, -0.2) is 4.79 Å². The van der Waals surface area contributed by atoms with E-state index in [0.29, 0.717) is 12.2 Å². The predicted molar refractivity (Wildman–Crippen MR) is 151 cm³/mol. The fourth-order valence-corrected chi connectivity index (χ4v) is 5.68. The molecule has 0 saturated carbocycles. The summed E-state index contributed by atoms with van der Waals surface area (Å²) in [6.45, 7) is 10.3. The number of fused-ring (bicyclic) bond motifs is 3. The number of allylic oxidation sites excluding steroid dienone is 1. The van der Waals surface area contributed by atoms with Crippen molar-refractivity contribution in [3.63, 3.8) is 0 Å². The number of amides is 4. The van der Waals surface area contributed by atoms with E-state index in [9.17, 15) is 28.8 Å². The number of hydrogen-bond acceptors (Lipinski definition) is 9. The van der Waals surface area contributed by atoms with Gasteiger partial charge in [-0.15, -0.1) is 0 Å². The Balaban J connectivity index is 2.40. The minimum absolute atomic E-state index is 0.0131. The first kappa shape index (κ1) is 32.7. The van der Waals surface area contributed by atoms with E-state index in [1.165, 1.54) is 18.7 Å². The quantitative estimate of drug-likeness (QED) is 0.202. The summed E-state index contributed by atoms with van der Waals surface area (Å²) in [5.41, 5.74) is 0. The number of cyclic esters (lactones) is 1. The largest absolute Gasteiger partial charge is 0.456 e. The van der Waals surface area contributed by atoms with Crippen molar-refractivity contribution in [3.8, 4) is 0 Å². The van der Waals surface area contributed by atoms with Crippen LogP contribution in [0.4, 0.5) is 0 Å². The number of ether oxygens (including phenoxy) is 1. The smallest absolute Gasteiger partial charge is 0.329 e. The molecule has 0 aromatic rings. The number of hydrogen-bond donors (Lipinski definition) is 4. The van der Waals surface area contributed by atoms with Gasteiger partial charge in [-0.2, -0.15) is 11.8 Å². The molecule has 2 saturated heterocycles. The van der Waals surface area contributed by atoms with Gasteiger partial charge in [0.15, 0.2) is 5.12 Å². The van der Waals surface area contributed by atoms with Crippen LogP contribution in [0.15, 0.2) is 12.2 Å². The van der Waals surface area contributed by atoms with Crippen molar-refractivity contribution in [1.29, 1.82) is 0 Å². The Kier molecular flexibility index (Phi) is 12.8. The lowest BCUT2D eigenvalue weighted by Gasteiger charge is -2.28. The zero-order chi connectivity index (χ0) is 29.3. The maximum atomic E-state index is 13.2. The average Bonchev–Trinajstić information content (AvgIpc) is 2.97. The molecule has 0 aromatic heterocycles. The van der Waals surface area contributed by atoms with Crippen molar-refractivity contribution in [1.82, 2.24) is 21.3 Å². The van der Waals surface area contributed by atoms with E-state index in [4.69, 9.17) is 4.74 Å². The Bertz CT molecular complexity index is 972. The molecule has 0 radical (unpaired) electrons. The molecule has 39 heavy (non-hydrogen) atoms. The highest BCUT2D eigenvalue weighted by Gasteiger charge is 2.39. The summed E-state index contributed by atoms with van der Waals surface area (Å²) in [6.07, 6.45) is 2.61. The first-order valence-corrected chi connectivity index (χ1v) is 15.2. The molecule has 11 nitrogen and oxygen atoms in total. The minimum atomic E-state index is -1.02. The maximum Gasteiger partial charge on any atom is 0.329 e. The van der Waals surface area contributed by atoms with E-state index in [0.717, 1.165) is 11.8 Å². The number of nitrogens with one attached hydrogen (secondary N) is 4. The van der Waals surface area contributed by atoms with Gasteiger partial charge < -0.3 is 26.0 Å². The third kappa shape index (κ3) is 10.2. The summed E-state index contributed by atoms with van der Waals surface area (Å²) in [5, 5.41) is 10.5. The molecular weight excluding hydrogens is 544 g/mol. The van der Waals surface area contributed by atoms with E-state index in [1.54, 1.807) is 46.8 Å². The molecule has 0 spiro atoms. The molecule has 2 bridgehead atoms. The van der Waals surface area contributed by atoms with Gasteiger partial charge in [0.25, 0.3) is 0 Å². The van der Waals surface area contributed by atoms with Crippen LogP contribution in [0.3, 0.4) is 0 Å². The molecule has 2 rings (SSSR count). The summed E-state index contributed by atoms with van der Waals surface area (Å²) in [6, 6.07) is -3.78. The van der Waals surface area contributed by atoms with Crippen LogP contribution < -0.4 is 21.3 Å². The van der Waals surface area contributed by atoms with Gasteiger partial charge in [-0.3, -0.25) is 24.0 Å². The lowest BCUT2D eigenvalue weighted by Crippen LogP contribution is -2.59. The van der Waals surface area contributed by atoms with Crippen LogP contribution in [-0.2, 0) is 33.5 Å². The molecule has 0 aromatic carbocycles. The summed E-state index contributed by atoms with van der Waals surface area (Å²) in [4.78, 5) is 76.7. The van der Waals surface area contributed by atoms with Crippen molar-refractivity contribution >= 4 is 58.2 Å². The third-order valence-corrected chi connectivity index (χ3v) is 8.46. The highest BCUT2D eigenvalue weighted by Crippen LogP contribution is 2.21. The Hall–Kier alpha value is -2.54. The van der Waals surface area contributed by atoms with Gasteiger partial charge in [-0.05, 0) is 24.3 Å². The van der Waals surface area contributed by atoms with Crippen LogP contribution >= 0.6 is 23.5 Å². The second-order valence-corrected chi connectivity index (χ2v) is 13.0. The van der Waals surface area contributed by atoms with Crippen LogP contribution in [0, 0.1) is 11.8 Å². The number of rotatable bonds is 6. The van der Waals surface area contributed by atoms with Gasteiger partial charge in [0, 0.05) is 23.7 Å². The standard InChI is InChI=1S/C26H40N4O7S2/c1-13(2)20-24(34)27-18-12-39-15(5)22(30-23(18)33)25(35)29-21(14(3)4)26(36)37-17(11-19(32)28-20)9-7-8-10-38-16(6)31/h7,9,13-15,17-18,20-22H,8,10-12H2,1-6H3,(H,27,34)(H,28,32)(H,29,35)(H,30,33)/b9-7+/t15?,17-,18?,20-,21+,22?/m1/s1. The van der Waals surface area contributed by atoms with Crippen LogP contribution in [0.25, 0.3) is 0 Å². The van der Waals surface area contributed by atoms with E-state index in [2.05, 4.69) is 21.3 Å². The Labute approximate surface area is 238 Å². The van der Waals surface area contributed by atoms with Gasteiger partial charge in [0.2, 0.25) is 23.6 Å². The molecule has 13 heteroatoms. The molecule has 6 atom stereocenters. The second kappa shape index (κ2) is 15.3. The van der Waals surface area contributed by atoms with Crippen LogP contribution in [0.2, 0.25) is 0 Å². The third-order valence-electron chi connectivity index (χ3n) is 6.29. The zero-order valence-electron chi connectivity index (χ0n) is 23.3. The first-order chi connectivity index (χ1) is 18.3. The molecule has 218 valence electrons. The zero-order valence-corrected chi connectivity index (χ0v) is 24.9. The summed E-state index contributed by atoms with van der Waals surface area (Å²) >= 11 is 2.51. The summed E-state index contributed by atoms with van der Waals surface area (Å²) < 4.78 is 5.68. The highest BCUT2D eigenvalue weighted by molar-refractivity contribution is 8.13. The van der Waals surface area contributed by atoms with E-state index in [1.807, 2.05) is 0 Å². The predicted octanol–water partition coefficient (Wildman–Crippen LogP) is 0.914. The molecular formula is C26H40N4O7S2. The van der Waals surface area contributed by atoms with Crippen molar-refractivity contribution in [2.45, 2.75) is 89.9 Å². The normalized spacial score (nSPS) is 29.5. The molecule has 4 amide bonds. The van der Waals surface area contributed by atoms with Crippen molar-refractivity contribution < 1.29 is 33.5 Å². The number of carbonyl (C=O) groups excluding carboxylic acids is 6. The molecule has 0 aliphatic carbocycles. The van der Waals surface area contributed by atoms with Crippen molar-refractivity contribution in [3.05, 3.63) is 12.2 Å². The first-order valence-electron chi connectivity index (χ1n) is 13.1. The second-order valence-electron chi connectivity index (χ2n) is 10.3. The van der Waals surface area contributed by atoms with Crippen LogP contribution in [0.5, 0.6) is 0 Å². The van der Waals surface area contributed by atoms with Crippen molar-refractivity contribution in [2.75, 3.05) is 11.5 Å². The van der Waals surface area contributed by atoms with E-state index >= 15 is 0 Å². The Morgan fingerprint density at radius 3 is 2.26 bits per heavy atom. The fourth-order valence-electron chi connectivity index (χ4n) is 4.02. The molecule has 2 aliphatic rings. The molecule has 2 aliphatic heterocycles. The molecule has 2 heterocycles. The van der Waals surface area contributed by atoms with Gasteiger partial charge >= 0.3 is 5.97 Å². The van der Waals surface area contributed by atoms with Crippen LogP contribution in [0.1, 0.15) is 54.4 Å². The monoisotopic (exact) mass is 584 g/mol. The molecule has 4 N–H and O–H groups in total.